The highest BCUT2D eigenvalue weighted by atomic mass is 32.2. The van der Waals surface area contributed by atoms with Crippen molar-refractivity contribution < 1.29 is 14.3 Å². The SMILES string of the molecule is COc1ccc(C(=O)c2cc3c(s2)CCSC3)c(OC)c1. The Labute approximate surface area is 132 Å². The summed E-state index contributed by atoms with van der Waals surface area (Å²) in [4.78, 5) is 14.9. The number of carbonyl (C=O) groups is 1. The lowest BCUT2D eigenvalue weighted by Crippen LogP contribution is -2.02. The highest BCUT2D eigenvalue weighted by Crippen LogP contribution is 2.34. The van der Waals surface area contributed by atoms with Gasteiger partial charge < -0.3 is 9.47 Å². The first-order valence-corrected chi connectivity index (χ1v) is 8.66. The van der Waals surface area contributed by atoms with Crippen LogP contribution in [0.1, 0.15) is 25.7 Å². The molecule has 0 fully saturated rings. The van der Waals surface area contributed by atoms with Crippen LogP contribution in [0.25, 0.3) is 0 Å². The Bertz CT molecular complexity index is 653. The van der Waals surface area contributed by atoms with Gasteiger partial charge in [0, 0.05) is 16.7 Å². The van der Waals surface area contributed by atoms with E-state index >= 15 is 0 Å². The molecule has 0 saturated carbocycles. The van der Waals surface area contributed by atoms with Gasteiger partial charge in [-0.3, -0.25) is 4.79 Å². The van der Waals surface area contributed by atoms with Gasteiger partial charge in [0.2, 0.25) is 5.78 Å². The predicted octanol–water partition coefficient (Wildman–Crippen LogP) is 3.79. The van der Waals surface area contributed by atoms with E-state index in [0.29, 0.717) is 17.1 Å². The standard InChI is InChI=1S/C16H16O3S2/c1-18-11-3-4-12(13(8-11)19-2)16(17)15-7-10-9-20-6-5-14(10)21-15/h3-4,7-8H,5-6,9H2,1-2H3. The third kappa shape index (κ3) is 2.80. The molecule has 2 heterocycles. The fraction of sp³-hybridized carbons (Fsp3) is 0.312. The molecule has 0 unspecified atom stereocenters. The normalized spacial score (nSPS) is 13.6. The molecule has 0 bridgehead atoms. The molecule has 1 aromatic heterocycles. The van der Waals surface area contributed by atoms with E-state index in [9.17, 15) is 4.79 Å². The van der Waals surface area contributed by atoms with Crippen LogP contribution in [0.2, 0.25) is 0 Å². The monoisotopic (exact) mass is 320 g/mol. The average molecular weight is 320 g/mol. The zero-order valence-corrected chi connectivity index (χ0v) is 13.6. The van der Waals surface area contributed by atoms with E-state index in [1.807, 2.05) is 17.8 Å². The Morgan fingerprint density at radius 2 is 2.05 bits per heavy atom. The van der Waals surface area contributed by atoms with E-state index in [1.54, 1.807) is 43.8 Å². The molecule has 0 spiro atoms. The lowest BCUT2D eigenvalue weighted by Gasteiger charge is -2.08. The highest BCUT2D eigenvalue weighted by Gasteiger charge is 2.21. The molecule has 0 radical (unpaired) electrons. The molecule has 110 valence electrons. The third-order valence-corrected chi connectivity index (χ3v) is 5.75. The van der Waals surface area contributed by atoms with E-state index < -0.39 is 0 Å². The second kappa shape index (κ2) is 6.12. The molecule has 3 rings (SSSR count). The molecule has 0 atom stereocenters. The Balaban J connectivity index is 1.96. The lowest BCUT2D eigenvalue weighted by atomic mass is 10.1. The van der Waals surface area contributed by atoms with Gasteiger partial charge in [-0.05, 0) is 35.9 Å². The molecule has 0 N–H and O–H groups in total. The van der Waals surface area contributed by atoms with Crippen LogP contribution in [-0.4, -0.2) is 25.8 Å². The fourth-order valence-electron chi connectivity index (χ4n) is 2.38. The predicted molar refractivity (Wildman–Crippen MR) is 87.2 cm³/mol. The summed E-state index contributed by atoms with van der Waals surface area (Å²) in [5.74, 6) is 3.43. The molecule has 0 saturated heterocycles. The van der Waals surface area contributed by atoms with Crippen LogP contribution in [0.5, 0.6) is 11.5 Å². The summed E-state index contributed by atoms with van der Waals surface area (Å²) in [5, 5.41) is 0. The van der Waals surface area contributed by atoms with E-state index in [4.69, 9.17) is 9.47 Å². The maximum Gasteiger partial charge on any atom is 0.206 e. The van der Waals surface area contributed by atoms with Crippen LogP contribution in [-0.2, 0) is 12.2 Å². The van der Waals surface area contributed by atoms with Crippen molar-refractivity contribution in [2.75, 3.05) is 20.0 Å². The number of thioether (sulfide) groups is 1. The van der Waals surface area contributed by atoms with E-state index in [1.165, 1.54) is 10.4 Å². The van der Waals surface area contributed by atoms with Gasteiger partial charge in [-0.2, -0.15) is 11.8 Å². The molecular formula is C16H16O3S2. The Kier molecular flexibility index (Phi) is 4.22. The van der Waals surface area contributed by atoms with Gasteiger partial charge >= 0.3 is 0 Å². The lowest BCUT2D eigenvalue weighted by molar-refractivity contribution is 0.103. The fourth-order valence-corrected chi connectivity index (χ4v) is 4.70. The van der Waals surface area contributed by atoms with Crippen molar-refractivity contribution in [1.82, 2.24) is 0 Å². The number of hydrogen-bond acceptors (Lipinski definition) is 5. The number of thiophene rings is 1. The molecule has 5 heteroatoms. The summed E-state index contributed by atoms with van der Waals surface area (Å²) in [6, 6.07) is 7.35. The molecule has 1 aliphatic rings. The minimum atomic E-state index is 0.0268. The minimum absolute atomic E-state index is 0.0268. The smallest absolute Gasteiger partial charge is 0.206 e. The number of aryl methyl sites for hydroxylation is 1. The van der Waals surface area contributed by atoms with Crippen LogP contribution in [0.3, 0.4) is 0 Å². The summed E-state index contributed by atoms with van der Waals surface area (Å²) >= 11 is 3.54. The zero-order chi connectivity index (χ0) is 14.8. The van der Waals surface area contributed by atoms with Gasteiger partial charge in [-0.1, -0.05) is 0 Å². The number of benzene rings is 1. The molecule has 3 nitrogen and oxygen atoms in total. The summed E-state index contributed by atoms with van der Waals surface area (Å²) < 4.78 is 10.5. The third-order valence-electron chi connectivity index (χ3n) is 3.50. The second-order valence-electron chi connectivity index (χ2n) is 4.76. The molecule has 0 aliphatic carbocycles. The van der Waals surface area contributed by atoms with E-state index in [0.717, 1.165) is 22.8 Å². The Hall–Kier alpha value is -1.46. The first-order chi connectivity index (χ1) is 10.2. The van der Waals surface area contributed by atoms with Crippen molar-refractivity contribution in [3.63, 3.8) is 0 Å². The van der Waals surface area contributed by atoms with Gasteiger partial charge in [-0.15, -0.1) is 11.3 Å². The molecule has 1 aliphatic heterocycles. The molecule has 0 amide bonds. The number of fused-ring (bicyclic) bond motifs is 1. The molecule has 1 aromatic carbocycles. The van der Waals surface area contributed by atoms with Crippen LogP contribution in [0, 0.1) is 0 Å². The maximum atomic E-state index is 12.7. The van der Waals surface area contributed by atoms with E-state index in [2.05, 4.69) is 0 Å². The number of ketones is 1. The summed E-state index contributed by atoms with van der Waals surface area (Å²) in [7, 11) is 3.17. The molecular weight excluding hydrogens is 304 g/mol. The van der Waals surface area contributed by atoms with Crippen molar-refractivity contribution >= 4 is 28.9 Å². The van der Waals surface area contributed by atoms with Crippen molar-refractivity contribution in [2.24, 2.45) is 0 Å². The number of rotatable bonds is 4. The first kappa shape index (κ1) is 14.5. The van der Waals surface area contributed by atoms with Crippen LogP contribution in [0.15, 0.2) is 24.3 Å². The number of methoxy groups -OCH3 is 2. The van der Waals surface area contributed by atoms with Crippen molar-refractivity contribution in [3.8, 4) is 11.5 Å². The first-order valence-electron chi connectivity index (χ1n) is 6.69. The minimum Gasteiger partial charge on any atom is -0.497 e. The summed E-state index contributed by atoms with van der Waals surface area (Å²) in [6.45, 7) is 0. The van der Waals surface area contributed by atoms with Gasteiger partial charge in [-0.25, -0.2) is 0 Å². The van der Waals surface area contributed by atoms with Gasteiger partial charge in [0.05, 0.1) is 24.7 Å². The molecule has 2 aromatic rings. The van der Waals surface area contributed by atoms with E-state index in [-0.39, 0.29) is 5.78 Å². The van der Waals surface area contributed by atoms with Gasteiger partial charge in [0.25, 0.3) is 0 Å². The summed E-state index contributed by atoms with van der Waals surface area (Å²) in [5.41, 5.74) is 1.90. The summed E-state index contributed by atoms with van der Waals surface area (Å²) in [6.07, 6.45) is 1.07. The van der Waals surface area contributed by atoms with Crippen LogP contribution >= 0.6 is 23.1 Å². The second-order valence-corrected chi connectivity index (χ2v) is 7.00. The van der Waals surface area contributed by atoms with Crippen molar-refractivity contribution in [2.45, 2.75) is 12.2 Å². The number of ether oxygens (including phenoxy) is 2. The topological polar surface area (TPSA) is 35.5 Å². The van der Waals surface area contributed by atoms with Crippen LogP contribution < -0.4 is 9.47 Å². The van der Waals surface area contributed by atoms with Gasteiger partial charge in [0.15, 0.2) is 0 Å². The average Bonchev–Trinajstić information content (AvgIpc) is 2.97. The van der Waals surface area contributed by atoms with Crippen LogP contribution in [0.4, 0.5) is 0 Å². The Morgan fingerprint density at radius 3 is 2.76 bits per heavy atom. The number of hydrogen-bond donors (Lipinski definition) is 0. The van der Waals surface area contributed by atoms with Crippen molar-refractivity contribution in [1.29, 1.82) is 0 Å². The van der Waals surface area contributed by atoms with Gasteiger partial charge in [0.1, 0.15) is 11.5 Å². The number of carbonyl (C=O) groups excluding carboxylic acids is 1. The maximum absolute atomic E-state index is 12.7. The Morgan fingerprint density at radius 1 is 1.19 bits per heavy atom. The highest BCUT2D eigenvalue weighted by molar-refractivity contribution is 7.98. The largest absolute Gasteiger partial charge is 0.497 e. The molecule has 21 heavy (non-hydrogen) atoms. The van der Waals surface area contributed by atoms with Crippen molar-refractivity contribution in [3.05, 3.63) is 45.1 Å². The quantitative estimate of drug-likeness (QED) is 0.803. The zero-order valence-electron chi connectivity index (χ0n) is 12.0.